The molecule has 3 saturated carbocycles. The summed E-state index contributed by atoms with van der Waals surface area (Å²) in [7, 11) is 0. The Hall–Kier alpha value is -0.410. The summed E-state index contributed by atoms with van der Waals surface area (Å²) in [6.45, 7) is 6.35. The lowest BCUT2D eigenvalue weighted by atomic mass is 9.47. The lowest BCUT2D eigenvalue weighted by molar-refractivity contribution is -0.121. The van der Waals surface area contributed by atoms with E-state index in [9.17, 15) is 15.0 Å². The number of aliphatic hydroxyl groups is 2. The lowest BCUT2D eigenvalue weighted by Gasteiger charge is -2.57. The fraction of sp³-hybridized carbons (Fsp3) is 0.947. The highest BCUT2D eigenvalue weighted by Crippen LogP contribution is 2.69. The van der Waals surface area contributed by atoms with E-state index in [0.29, 0.717) is 24.0 Å². The van der Waals surface area contributed by atoms with Gasteiger partial charge in [0, 0.05) is 6.42 Å². The van der Waals surface area contributed by atoms with Crippen LogP contribution in [0.25, 0.3) is 0 Å². The van der Waals surface area contributed by atoms with Gasteiger partial charge in [-0.25, -0.2) is 0 Å². The van der Waals surface area contributed by atoms with Crippen LogP contribution in [0.15, 0.2) is 0 Å². The number of Topliss-reactive ketones (excluding diaryl/α,β-unsaturated/α-hetero) is 1. The van der Waals surface area contributed by atoms with Crippen LogP contribution in [0.4, 0.5) is 0 Å². The number of hydrogen-bond acceptors (Lipinski definition) is 3. The highest BCUT2D eigenvalue weighted by Gasteiger charge is 2.64. The molecule has 3 fully saturated rings. The first kappa shape index (κ1) is 16.4. The number of carbonyl (C=O) groups excluding carboxylic acids is 1. The van der Waals surface area contributed by atoms with Crippen LogP contribution in [0, 0.1) is 28.6 Å². The molecular formula is C19H32O3. The quantitative estimate of drug-likeness (QED) is 0.837. The Bertz CT molecular complexity index is 462. The Morgan fingerprint density at radius 2 is 2.00 bits per heavy atom. The van der Waals surface area contributed by atoms with E-state index in [-0.39, 0.29) is 23.4 Å². The van der Waals surface area contributed by atoms with Gasteiger partial charge in [-0.1, -0.05) is 13.8 Å². The highest BCUT2D eigenvalue weighted by molar-refractivity contribution is 5.75. The molecule has 0 radical (unpaired) electrons. The Morgan fingerprint density at radius 3 is 2.64 bits per heavy atom. The number of hydrogen-bond donors (Lipinski definition) is 2. The van der Waals surface area contributed by atoms with Gasteiger partial charge in [0.05, 0.1) is 12.2 Å². The summed E-state index contributed by atoms with van der Waals surface area (Å²) < 4.78 is 0. The first-order valence-electron chi connectivity index (χ1n) is 9.08. The molecule has 1 spiro atoms. The number of aliphatic hydroxyl groups excluding tert-OH is 1. The minimum atomic E-state index is -0.850. The first-order chi connectivity index (χ1) is 10.3. The van der Waals surface area contributed by atoms with Crippen molar-refractivity contribution in [3.8, 4) is 0 Å². The Balaban J connectivity index is 1.90. The van der Waals surface area contributed by atoms with Crippen molar-refractivity contribution in [3.63, 3.8) is 0 Å². The molecule has 3 nitrogen and oxygen atoms in total. The number of ketones is 1. The van der Waals surface area contributed by atoms with E-state index in [2.05, 4.69) is 13.8 Å². The van der Waals surface area contributed by atoms with Crippen LogP contribution in [0.1, 0.15) is 72.1 Å². The molecule has 0 saturated heterocycles. The topological polar surface area (TPSA) is 57.5 Å². The van der Waals surface area contributed by atoms with Crippen LogP contribution in [0.2, 0.25) is 0 Å². The van der Waals surface area contributed by atoms with Crippen LogP contribution in [0.3, 0.4) is 0 Å². The highest BCUT2D eigenvalue weighted by atomic mass is 16.3. The van der Waals surface area contributed by atoms with Gasteiger partial charge >= 0.3 is 0 Å². The van der Waals surface area contributed by atoms with Crippen LogP contribution in [0.5, 0.6) is 0 Å². The SMILES string of the molecule is CC(=O)CC[C@]1(C)C(C)CC[C@@]23C[C@@H](CCC21)[C@@](O)(CO)C3. The van der Waals surface area contributed by atoms with Crippen molar-refractivity contribution in [2.75, 3.05) is 6.61 Å². The summed E-state index contributed by atoms with van der Waals surface area (Å²) in [6.07, 6.45) is 8.09. The second kappa shape index (κ2) is 5.31. The summed E-state index contributed by atoms with van der Waals surface area (Å²) in [5.74, 6) is 1.81. The molecule has 3 aliphatic rings. The van der Waals surface area contributed by atoms with Gasteiger partial charge in [0.1, 0.15) is 5.78 Å². The average Bonchev–Trinajstić information content (AvgIpc) is 2.70. The summed E-state index contributed by atoms with van der Waals surface area (Å²) in [4.78, 5) is 11.5. The van der Waals surface area contributed by atoms with Crippen molar-refractivity contribution < 1.29 is 15.0 Å². The van der Waals surface area contributed by atoms with E-state index in [1.54, 1.807) is 6.92 Å². The fourth-order valence-corrected chi connectivity index (χ4v) is 6.44. The van der Waals surface area contributed by atoms with Crippen LogP contribution < -0.4 is 0 Å². The van der Waals surface area contributed by atoms with Gasteiger partial charge in [0.25, 0.3) is 0 Å². The van der Waals surface area contributed by atoms with Gasteiger partial charge in [-0.15, -0.1) is 0 Å². The van der Waals surface area contributed by atoms with Gasteiger partial charge in [0.15, 0.2) is 0 Å². The maximum atomic E-state index is 11.5. The van der Waals surface area contributed by atoms with Gasteiger partial charge in [-0.3, -0.25) is 0 Å². The van der Waals surface area contributed by atoms with E-state index in [4.69, 9.17) is 0 Å². The van der Waals surface area contributed by atoms with Gasteiger partial charge in [0.2, 0.25) is 0 Å². The smallest absolute Gasteiger partial charge is 0.129 e. The predicted molar refractivity (Wildman–Crippen MR) is 86.3 cm³/mol. The molecule has 0 amide bonds. The van der Waals surface area contributed by atoms with Crippen LogP contribution >= 0.6 is 0 Å². The second-order valence-electron chi connectivity index (χ2n) is 8.98. The molecule has 0 heterocycles. The lowest BCUT2D eigenvalue weighted by Crippen LogP contribution is -2.49. The maximum absolute atomic E-state index is 11.5. The van der Waals surface area contributed by atoms with Crippen molar-refractivity contribution in [3.05, 3.63) is 0 Å². The molecule has 3 aliphatic carbocycles. The normalized spacial score (nSPS) is 50.7. The predicted octanol–water partition coefficient (Wildman–Crippen LogP) is 3.32. The van der Waals surface area contributed by atoms with Crippen LogP contribution in [-0.2, 0) is 4.79 Å². The van der Waals surface area contributed by atoms with E-state index >= 15 is 0 Å². The molecule has 126 valence electrons. The molecule has 0 aliphatic heterocycles. The molecule has 2 N–H and O–H groups in total. The molecule has 2 unspecified atom stereocenters. The minimum absolute atomic E-state index is 0.0914. The average molecular weight is 308 g/mol. The Morgan fingerprint density at radius 1 is 1.27 bits per heavy atom. The third-order valence-electron chi connectivity index (χ3n) is 7.90. The third-order valence-corrected chi connectivity index (χ3v) is 7.90. The van der Waals surface area contributed by atoms with Crippen molar-refractivity contribution in [2.45, 2.75) is 77.7 Å². The number of fused-ring (bicyclic) bond motifs is 1. The summed E-state index contributed by atoms with van der Waals surface area (Å²) in [6, 6.07) is 0. The molecule has 3 heteroatoms. The summed E-state index contributed by atoms with van der Waals surface area (Å²) in [5, 5.41) is 20.6. The zero-order chi connectivity index (χ0) is 16.2. The molecular weight excluding hydrogens is 276 g/mol. The maximum Gasteiger partial charge on any atom is 0.129 e. The van der Waals surface area contributed by atoms with Crippen molar-refractivity contribution in [1.29, 1.82) is 0 Å². The zero-order valence-electron chi connectivity index (χ0n) is 14.4. The molecule has 0 aromatic rings. The molecule has 6 atom stereocenters. The molecule has 0 aromatic heterocycles. The van der Waals surface area contributed by atoms with Gasteiger partial charge in [-0.05, 0) is 80.5 Å². The molecule has 3 rings (SSSR count). The summed E-state index contributed by atoms with van der Waals surface area (Å²) in [5.41, 5.74) is -0.440. The molecule has 22 heavy (non-hydrogen) atoms. The number of rotatable bonds is 4. The Kier molecular flexibility index (Phi) is 3.97. The standard InChI is InChI=1S/C19H32O3/c1-13-6-9-18-10-15(19(22,11-18)12-20)4-5-16(18)17(13,3)8-7-14(2)21/h13,15-16,20,22H,4-12H2,1-3H3/t13?,15-,16?,17-,18+,19+/m1/s1. The molecule has 2 bridgehead atoms. The van der Waals surface area contributed by atoms with E-state index in [1.165, 1.54) is 12.8 Å². The van der Waals surface area contributed by atoms with Crippen molar-refractivity contribution in [2.24, 2.45) is 28.6 Å². The zero-order valence-corrected chi connectivity index (χ0v) is 14.4. The summed E-state index contributed by atoms with van der Waals surface area (Å²) >= 11 is 0. The number of carbonyl (C=O) groups is 1. The Labute approximate surface area is 134 Å². The van der Waals surface area contributed by atoms with Gasteiger partial charge < -0.3 is 15.0 Å². The van der Waals surface area contributed by atoms with Crippen molar-refractivity contribution >= 4 is 5.78 Å². The fourth-order valence-electron chi connectivity index (χ4n) is 6.44. The second-order valence-corrected chi connectivity index (χ2v) is 8.98. The van der Waals surface area contributed by atoms with Gasteiger partial charge in [-0.2, -0.15) is 0 Å². The van der Waals surface area contributed by atoms with E-state index in [0.717, 1.165) is 32.1 Å². The monoisotopic (exact) mass is 308 g/mol. The van der Waals surface area contributed by atoms with E-state index in [1.807, 2.05) is 0 Å². The largest absolute Gasteiger partial charge is 0.393 e. The van der Waals surface area contributed by atoms with E-state index < -0.39 is 5.60 Å². The minimum Gasteiger partial charge on any atom is -0.393 e. The van der Waals surface area contributed by atoms with Crippen LogP contribution in [-0.4, -0.2) is 28.2 Å². The first-order valence-corrected chi connectivity index (χ1v) is 9.08. The van der Waals surface area contributed by atoms with Crippen molar-refractivity contribution in [1.82, 2.24) is 0 Å². The molecule has 0 aromatic carbocycles. The third kappa shape index (κ3) is 2.27.